The van der Waals surface area contributed by atoms with E-state index >= 15 is 0 Å². The summed E-state index contributed by atoms with van der Waals surface area (Å²) >= 11 is 1.78. The zero-order chi connectivity index (χ0) is 47.6. The maximum absolute atomic E-state index is 9.95. The van der Waals surface area contributed by atoms with Gasteiger partial charge in [0.05, 0.1) is 37.7 Å². The van der Waals surface area contributed by atoms with Crippen molar-refractivity contribution in [2.45, 2.75) is 144 Å². The SMILES string of the molecule is [2H]C1([2H])c2cc(C)c(C)cc2[C@]2(C(C)(C)C)SC(c3cc(N4c5ccc(C)cc5C(C)(C)c5cc6c7cc(C)ccc7n(-c7cc(C(C)(C)C)ccn7)c6cc54)cc(C(C)(C)C)c3)=N[C@]12C. The van der Waals surface area contributed by atoms with Gasteiger partial charge < -0.3 is 4.90 Å². The Morgan fingerprint density at radius 1 is 0.625 bits per heavy atom. The van der Waals surface area contributed by atoms with Gasteiger partial charge in [-0.15, -0.1) is 0 Å². The minimum Gasteiger partial charge on any atom is -0.310 e. The Hall–Kier alpha value is -5.13. The van der Waals surface area contributed by atoms with E-state index in [2.05, 4.69) is 211 Å². The van der Waals surface area contributed by atoms with Gasteiger partial charge in [-0.2, -0.15) is 0 Å². The van der Waals surface area contributed by atoms with E-state index in [-0.39, 0.29) is 21.7 Å². The third-order valence-corrected chi connectivity index (χ3v) is 16.9. The van der Waals surface area contributed by atoms with Crippen molar-refractivity contribution in [1.29, 1.82) is 0 Å². The molecule has 1 aliphatic carbocycles. The van der Waals surface area contributed by atoms with Gasteiger partial charge in [0, 0.05) is 36.4 Å². The number of aromatic nitrogens is 2. The summed E-state index contributed by atoms with van der Waals surface area (Å²) in [6.45, 7) is 36.0. The van der Waals surface area contributed by atoms with Crippen LogP contribution in [-0.4, -0.2) is 20.1 Å². The van der Waals surface area contributed by atoms with Gasteiger partial charge in [-0.25, -0.2) is 4.98 Å². The smallest absolute Gasteiger partial charge is 0.137 e. The van der Waals surface area contributed by atoms with Gasteiger partial charge >= 0.3 is 0 Å². The molecule has 328 valence electrons. The minimum absolute atomic E-state index is 0.0423. The van der Waals surface area contributed by atoms with Crippen molar-refractivity contribution < 1.29 is 2.74 Å². The van der Waals surface area contributed by atoms with Gasteiger partial charge in [-0.3, -0.25) is 9.56 Å². The second-order valence-corrected chi connectivity index (χ2v) is 24.2. The Bertz CT molecular complexity index is 3260. The van der Waals surface area contributed by atoms with Crippen LogP contribution in [0.5, 0.6) is 0 Å². The van der Waals surface area contributed by atoms with Gasteiger partial charge in [0.1, 0.15) is 5.82 Å². The average Bonchev–Trinajstić information content (AvgIpc) is 3.78. The standard InChI is InChI=1S/C59H66N4S/c1-34-17-19-48-43(23-34)44-31-47-51(32-50(44)63(48)52-30-40(21-22-60-52)54(5,6)7)62(49-20-18-35(2)24-46(49)57(47,14)15)42-28-38(27-41(29-42)55(8,9)10)53-61-58(16)33-39-25-36(3)37(4)26-45(39)59(58,64-53)56(11,12)13/h17-32H,33H2,1-16H3/t58-,59-/m1/s1/i33D2. The van der Waals surface area contributed by atoms with Crippen LogP contribution < -0.4 is 4.90 Å². The molecule has 0 unspecified atom stereocenters. The summed E-state index contributed by atoms with van der Waals surface area (Å²) < 4.78 is 21.6. The van der Waals surface area contributed by atoms with Crippen LogP contribution in [0.2, 0.25) is 0 Å². The monoisotopic (exact) mass is 865 g/mol. The van der Waals surface area contributed by atoms with Crippen molar-refractivity contribution in [3.05, 3.63) is 158 Å². The van der Waals surface area contributed by atoms with Gasteiger partial charge in [-0.05, 0) is 162 Å². The maximum atomic E-state index is 9.95. The number of pyridine rings is 1. The van der Waals surface area contributed by atoms with Crippen molar-refractivity contribution in [2.75, 3.05) is 4.90 Å². The fraction of sp³-hybridized carbons (Fsp3) is 0.390. The van der Waals surface area contributed by atoms with Crippen molar-refractivity contribution in [3.8, 4) is 5.82 Å². The summed E-state index contributed by atoms with van der Waals surface area (Å²) in [6.07, 6.45) is 0.271. The molecule has 0 spiro atoms. The fourth-order valence-corrected chi connectivity index (χ4v) is 12.8. The Kier molecular flexibility index (Phi) is 8.65. The molecule has 2 aromatic heterocycles. The van der Waals surface area contributed by atoms with Crippen LogP contribution in [-0.2, 0) is 27.4 Å². The van der Waals surface area contributed by atoms with Crippen LogP contribution in [0.25, 0.3) is 27.6 Å². The molecule has 0 saturated heterocycles. The number of benzene rings is 5. The molecule has 0 fully saturated rings. The highest BCUT2D eigenvalue weighted by molar-refractivity contribution is 8.15. The summed E-state index contributed by atoms with van der Waals surface area (Å²) in [5.41, 5.74) is 16.3. The van der Waals surface area contributed by atoms with Crippen molar-refractivity contribution in [2.24, 2.45) is 10.4 Å². The number of aryl methyl sites for hydroxylation is 4. The first-order chi connectivity index (χ1) is 30.6. The molecule has 0 radical (unpaired) electrons. The lowest BCUT2D eigenvalue weighted by atomic mass is 9.68. The van der Waals surface area contributed by atoms with Gasteiger partial charge in [0.2, 0.25) is 0 Å². The molecule has 0 N–H and O–H groups in total. The topological polar surface area (TPSA) is 33.4 Å². The van der Waals surface area contributed by atoms with E-state index in [9.17, 15) is 2.74 Å². The van der Waals surface area contributed by atoms with E-state index in [1.54, 1.807) is 11.8 Å². The van der Waals surface area contributed by atoms with Crippen LogP contribution in [0, 0.1) is 33.1 Å². The number of fused-ring (bicyclic) bond motifs is 8. The summed E-state index contributed by atoms with van der Waals surface area (Å²) in [4.78, 5) is 13.2. The quantitative estimate of drug-likeness (QED) is 0.177. The van der Waals surface area contributed by atoms with E-state index in [0.29, 0.717) is 0 Å². The molecular weight excluding hydrogens is 797 g/mol. The predicted molar refractivity (Wildman–Crippen MR) is 276 cm³/mol. The molecule has 0 bridgehead atoms. The summed E-state index contributed by atoms with van der Waals surface area (Å²) in [5.74, 6) is 0.913. The molecule has 5 aromatic carbocycles. The van der Waals surface area contributed by atoms with Gasteiger partial charge in [0.25, 0.3) is 0 Å². The Labute approximate surface area is 389 Å². The molecule has 7 aromatic rings. The first-order valence-electron chi connectivity index (χ1n) is 24.1. The molecule has 2 aliphatic heterocycles. The molecular formula is C59H66N4S. The largest absolute Gasteiger partial charge is 0.310 e. The molecule has 3 aliphatic rings. The van der Waals surface area contributed by atoms with Crippen LogP contribution in [0.4, 0.5) is 17.1 Å². The third-order valence-electron chi connectivity index (χ3n) is 14.9. The lowest BCUT2D eigenvalue weighted by Gasteiger charge is -2.46. The normalized spacial score (nSPS) is 21.6. The summed E-state index contributed by atoms with van der Waals surface area (Å²) in [7, 11) is 0. The Morgan fingerprint density at radius 2 is 1.28 bits per heavy atom. The second kappa shape index (κ2) is 13.7. The molecule has 0 amide bonds. The van der Waals surface area contributed by atoms with E-state index in [1.165, 1.54) is 49.7 Å². The first-order valence-corrected chi connectivity index (χ1v) is 24.0. The molecule has 0 saturated carbocycles. The highest BCUT2D eigenvalue weighted by Crippen LogP contribution is 2.68. The van der Waals surface area contributed by atoms with Crippen molar-refractivity contribution in [1.82, 2.24) is 9.55 Å². The molecule has 2 atom stereocenters. The highest BCUT2D eigenvalue weighted by atomic mass is 32.2. The number of hydrogen-bond acceptors (Lipinski definition) is 4. The number of anilines is 3. The van der Waals surface area contributed by atoms with Crippen molar-refractivity contribution >= 4 is 55.7 Å². The maximum Gasteiger partial charge on any atom is 0.137 e. The van der Waals surface area contributed by atoms with Gasteiger partial charge in [-0.1, -0.05) is 129 Å². The summed E-state index contributed by atoms with van der Waals surface area (Å²) in [5, 5.41) is 3.33. The average molecular weight is 865 g/mol. The van der Waals surface area contributed by atoms with E-state index in [1.807, 2.05) is 6.20 Å². The van der Waals surface area contributed by atoms with Crippen LogP contribution in [0.3, 0.4) is 0 Å². The summed E-state index contributed by atoms with van der Waals surface area (Å²) in [6, 6.07) is 34.5. The third kappa shape index (κ3) is 6.15. The molecule has 4 heterocycles. The number of hydrogen-bond donors (Lipinski definition) is 0. The second-order valence-electron chi connectivity index (χ2n) is 23.0. The number of aliphatic imine (C=N–C) groups is 1. The van der Waals surface area contributed by atoms with E-state index in [0.717, 1.165) is 61.2 Å². The van der Waals surface area contributed by atoms with Crippen LogP contribution in [0.15, 0.2) is 102 Å². The van der Waals surface area contributed by atoms with Crippen LogP contribution in [0.1, 0.15) is 147 Å². The number of thioether (sulfide) groups is 1. The van der Waals surface area contributed by atoms with Crippen molar-refractivity contribution in [3.63, 3.8) is 0 Å². The van der Waals surface area contributed by atoms with Crippen LogP contribution >= 0.6 is 11.8 Å². The zero-order valence-electron chi connectivity index (χ0n) is 42.9. The zero-order valence-corrected chi connectivity index (χ0v) is 41.8. The highest BCUT2D eigenvalue weighted by Gasteiger charge is 2.65. The predicted octanol–water partition coefficient (Wildman–Crippen LogP) is 15.9. The first kappa shape index (κ1) is 40.4. The Balaban J connectivity index is 1.26. The molecule has 4 nitrogen and oxygen atoms in total. The molecule has 64 heavy (non-hydrogen) atoms. The minimum atomic E-state index is -1.69. The Morgan fingerprint density at radius 3 is 1.98 bits per heavy atom. The van der Waals surface area contributed by atoms with E-state index < -0.39 is 16.7 Å². The fourth-order valence-electron chi connectivity index (χ4n) is 11.2. The van der Waals surface area contributed by atoms with E-state index in [4.69, 9.17) is 9.98 Å². The lowest BCUT2D eigenvalue weighted by Crippen LogP contribution is -2.49. The number of rotatable bonds is 3. The number of nitrogens with zero attached hydrogens (tertiary/aromatic N) is 4. The molecule has 5 heteroatoms. The van der Waals surface area contributed by atoms with Gasteiger partial charge in [0.15, 0.2) is 0 Å². The lowest BCUT2D eigenvalue weighted by molar-refractivity contribution is 0.203. The molecule has 10 rings (SSSR count).